The molecule has 0 aromatic heterocycles. The first-order chi connectivity index (χ1) is 18.1. The lowest BCUT2D eigenvalue weighted by Crippen LogP contribution is -2.60. The van der Waals surface area contributed by atoms with E-state index in [1.54, 1.807) is 25.7 Å². The summed E-state index contributed by atoms with van der Waals surface area (Å²) >= 11 is 0. The molecule has 216 valence electrons. The highest BCUT2D eigenvalue weighted by atomic mass is 16.6. The minimum Gasteiger partial charge on any atom is -0.444 e. The van der Waals surface area contributed by atoms with E-state index in [9.17, 15) is 24.0 Å². The van der Waals surface area contributed by atoms with Crippen LogP contribution in [0.1, 0.15) is 60.8 Å². The number of alkyl carbamates (subject to hydrolysis) is 1. The summed E-state index contributed by atoms with van der Waals surface area (Å²) in [5.74, 6) is -1.69. The van der Waals surface area contributed by atoms with E-state index in [1.165, 1.54) is 0 Å². The van der Waals surface area contributed by atoms with Crippen molar-refractivity contribution in [3.05, 3.63) is 12.2 Å². The maximum atomic E-state index is 14.1. The van der Waals surface area contributed by atoms with Gasteiger partial charge in [-0.25, -0.2) is 4.79 Å². The van der Waals surface area contributed by atoms with Gasteiger partial charge in [-0.05, 0) is 69.1 Å². The summed E-state index contributed by atoms with van der Waals surface area (Å²) in [6.07, 6.45) is 5.19. The van der Waals surface area contributed by atoms with Crippen molar-refractivity contribution >= 4 is 29.7 Å². The molecule has 5 N–H and O–H groups in total. The van der Waals surface area contributed by atoms with E-state index in [1.807, 2.05) is 20.8 Å². The molecule has 11 heteroatoms. The molecule has 0 spiro atoms. The molecule has 4 rings (SSSR count). The number of carbonyl (C=O) groups is 5. The highest BCUT2D eigenvalue weighted by Crippen LogP contribution is 2.54. The number of allylic oxidation sites excluding steroid dienone is 2. The number of fused-ring (bicyclic) bond motifs is 5. The monoisotopic (exact) mass is 545 g/mol. The Morgan fingerprint density at radius 2 is 1.77 bits per heavy atom. The maximum absolute atomic E-state index is 14.1. The molecule has 4 aliphatic rings. The number of hydrogen-bond donors (Lipinski definition) is 4. The summed E-state index contributed by atoms with van der Waals surface area (Å²) in [4.78, 5) is 66.7. The van der Waals surface area contributed by atoms with Crippen LogP contribution in [0.25, 0.3) is 0 Å². The number of carbonyl (C=O) groups excluding carboxylic acids is 5. The van der Waals surface area contributed by atoms with Crippen molar-refractivity contribution in [3.63, 3.8) is 0 Å². The van der Waals surface area contributed by atoms with Crippen molar-refractivity contribution in [1.82, 2.24) is 20.9 Å². The lowest BCUT2D eigenvalue weighted by Gasteiger charge is -2.37. The first-order valence-corrected chi connectivity index (χ1v) is 13.9. The number of hydrogen-bond acceptors (Lipinski definition) is 6. The largest absolute Gasteiger partial charge is 0.444 e. The maximum Gasteiger partial charge on any atom is 0.408 e. The van der Waals surface area contributed by atoms with Gasteiger partial charge in [-0.2, -0.15) is 0 Å². The van der Waals surface area contributed by atoms with Crippen LogP contribution >= 0.6 is 0 Å². The van der Waals surface area contributed by atoms with E-state index in [4.69, 9.17) is 10.5 Å². The third kappa shape index (κ3) is 6.06. The Hall–Kier alpha value is -3.11. The lowest BCUT2D eigenvalue weighted by molar-refractivity contribution is -0.144. The molecule has 3 fully saturated rings. The topological polar surface area (TPSA) is 160 Å². The second-order valence-corrected chi connectivity index (χ2v) is 13.5. The molecule has 8 atom stereocenters. The molecule has 1 saturated carbocycles. The van der Waals surface area contributed by atoms with Gasteiger partial charge >= 0.3 is 6.09 Å². The molecule has 2 bridgehead atoms. The highest BCUT2D eigenvalue weighted by Gasteiger charge is 2.59. The van der Waals surface area contributed by atoms with Crippen molar-refractivity contribution in [3.8, 4) is 0 Å². The number of nitrogens with one attached hydrogen (secondary N) is 3. The minimum absolute atomic E-state index is 0.102. The number of nitrogens with zero attached hydrogens (tertiary/aromatic N) is 1. The van der Waals surface area contributed by atoms with Crippen LogP contribution in [0.5, 0.6) is 0 Å². The lowest BCUT2D eigenvalue weighted by atomic mass is 9.81. The van der Waals surface area contributed by atoms with E-state index in [0.29, 0.717) is 19.5 Å². The average molecular weight is 546 g/mol. The number of rotatable bonds is 7. The molecule has 39 heavy (non-hydrogen) atoms. The minimum atomic E-state index is -1.03. The molecule has 11 nitrogen and oxygen atoms in total. The van der Waals surface area contributed by atoms with Gasteiger partial charge in [-0.1, -0.05) is 32.9 Å². The van der Waals surface area contributed by atoms with Crippen LogP contribution in [0.3, 0.4) is 0 Å². The Morgan fingerprint density at radius 1 is 1.10 bits per heavy atom. The third-order valence-electron chi connectivity index (χ3n) is 8.47. The van der Waals surface area contributed by atoms with Crippen molar-refractivity contribution in [2.75, 3.05) is 13.1 Å². The average Bonchev–Trinajstić information content (AvgIpc) is 3.57. The second-order valence-electron chi connectivity index (χ2n) is 13.5. The molecular weight excluding hydrogens is 502 g/mol. The third-order valence-corrected chi connectivity index (χ3v) is 8.47. The van der Waals surface area contributed by atoms with Crippen LogP contribution in [0.15, 0.2) is 12.2 Å². The van der Waals surface area contributed by atoms with Gasteiger partial charge in [-0.3, -0.25) is 19.2 Å². The standard InChI is InChI=1S/C28H43N5O6/c1-27(2,3)21(32-26(38)39-28(4,5)6)25(37)33-13-17-14-7-8-15(11-14)19(17)20(33)24(36)31-18(22(29)34)12-16-9-10-30-23(16)35/h7-8,14-21H,9-13H2,1-6H3,(H2,29,34)(H,30,35)(H,31,36)(H,32,38)/t14-,15+,16+,17-,18+,19+,20+,21-/m1/s1. The van der Waals surface area contributed by atoms with Gasteiger partial charge in [0, 0.05) is 19.0 Å². The number of amides is 5. The van der Waals surface area contributed by atoms with Gasteiger partial charge in [0.05, 0.1) is 0 Å². The summed E-state index contributed by atoms with van der Waals surface area (Å²) < 4.78 is 5.43. The van der Waals surface area contributed by atoms with E-state index < -0.39 is 53.0 Å². The van der Waals surface area contributed by atoms with E-state index >= 15 is 0 Å². The fourth-order valence-corrected chi connectivity index (χ4v) is 6.68. The zero-order valence-electron chi connectivity index (χ0n) is 23.8. The predicted octanol–water partition coefficient (Wildman–Crippen LogP) is 1.07. The van der Waals surface area contributed by atoms with Gasteiger partial charge in [0.15, 0.2) is 0 Å². The molecule has 0 radical (unpaired) electrons. The quantitative estimate of drug-likeness (QED) is 0.350. The molecule has 2 aliphatic carbocycles. The number of primary amides is 1. The second kappa shape index (κ2) is 10.5. The SMILES string of the molecule is CC(C)(C)OC(=O)N[C@H](C(=O)N1C[C@H]2[C@@H]([C@H]1C(=O)N[C@@H](C[C@@H]1CCNC1=O)C(N)=O)[C@H]1C=C[C@@H]2C1)C(C)(C)C. The van der Waals surface area contributed by atoms with Crippen LogP contribution < -0.4 is 21.7 Å². The van der Waals surface area contributed by atoms with Crippen LogP contribution in [0, 0.1) is 35.0 Å². The van der Waals surface area contributed by atoms with Crippen LogP contribution in [-0.4, -0.2) is 71.4 Å². The van der Waals surface area contributed by atoms with Crippen molar-refractivity contribution < 1.29 is 28.7 Å². The van der Waals surface area contributed by atoms with Gasteiger partial charge in [0.2, 0.25) is 23.6 Å². The summed E-state index contributed by atoms with van der Waals surface area (Å²) in [5, 5.41) is 8.28. The first kappa shape index (κ1) is 28.9. The van der Waals surface area contributed by atoms with Gasteiger partial charge in [-0.15, -0.1) is 0 Å². The van der Waals surface area contributed by atoms with E-state index in [2.05, 4.69) is 28.1 Å². The van der Waals surface area contributed by atoms with Crippen molar-refractivity contribution in [2.45, 2.75) is 84.5 Å². The molecule has 2 heterocycles. The summed E-state index contributed by atoms with van der Waals surface area (Å²) in [6.45, 7) is 11.7. The van der Waals surface area contributed by atoms with Gasteiger partial charge in [0.25, 0.3) is 0 Å². The van der Waals surface area contributed by atoms with Gasteiger partial charge < -0.3 is 31.3 Å². The van der Waals surface area contributed by atoms with Gasteiger partial charge in [0.1, 0.15) is 23.7 Å². The van der Waals surface area contributed by atoms with Crippen molar-refractivity contribution in [2.24, 2.45) is 40.7 Å². The number of likely N-dealkylation sites (tertiary alicyclic amines) is 1. The Labute approximate surface area is 230 Å². The van der Waals surface area contributed by atoms with E-state index in [-0.39, 0.29) is 41.9 Å². The summed E-state index contributed by atoms with van der Waals surface area (Å²) in [5.41, 5.74) is 4.23. The summed E-state index contributed by atoms with van der Waals surface area (Å²) in [7, 11) is 0. The zero-order valence-corrected chi connectivity index (χ0v) is 23.8. The Kier molecular flexibility index (Phi) is 7.75. The Bertz CT molecular complexity index is 1060. The fourth-order valence-electron chi connectivity index (χ4n) is 6.68. The Balaban J connectivity index is 1.58. The summed E-state index contributed by atoms with van der Waals surface area (Å²) in [6, 6.07) is -2.80. The molecule has 2 saturated heterocycles. The zero-order chi connectivity index (χ0) is 28.9. The Morgan fingerprint density at radius 3 is 2.33 bits per heavy atom. The smallest absolute Gasteiger partial charge is 0.408 e. The molecule has 0 aromatic rings. The normalized spacial score (nSPS) is 30.9. The highest BCUT2D eigenvalue weighted by molar-refractivity contribution is 5.95. The number of ether oxygens (including phenoxy) is 1. The fraction of sp³-hybridized carbons (Fsp3) is 0.750. The van der Waals surface area contributed by atoms with Crippen LogP contribution in [0.4, 0.5) is 4.79 Å². The molecule has 5 amide bonds. The van der Waals surface area contributed by atoms with E-state index in [0.717, 1.165) is 6.42 Å². The molecule has 0 unspecified atom stereocenters. The van der Waals surface area contributed by atoms with Crippen LogP contribution in [0.2, 0.25) is 0 Å². The predicted molar refractivity (Wildman–Crippen MR) is 143 cm³/mol. The molecular formula is C28H43N5O6. The first-order valence-electron chi connectivity index (χ1n) is 13.9. The molecule has 0 aromatic carbocycles. The number of nitrogens with two attached hydrogens (primary N) is 1. The van der Waals surface area contributed by atoms with Crippen LogP contribution in [-0.2, 0) is 23.9 Å². The van der Waals surface area contributed by atoms with Crippen molar-refractivity contribution in [1.29, 1.82) is 0 Å². The molecule has 2 aliphatic heterocycles.